The van der Waals surface area contributed by atoms with Gasteiger partial charge in [0, 0.05) is 17.0 Å². The Hall–Kier alpha value is -2.88. The molecule has 9 heteroatoms. The maximum Gasteiger partial charge on any atom is 0.270 e. The third-order valence-electron chi connectivity index (χ3n) is 4.50. The molecule has 0 aliphatic carbocycles. The number of nitro groups is 1. The van der Waals surface area contributed by atoms with Gasteiger partial charge >= 0.3 is 0 Å². The molecule has 0 radical (unpaired) electrons. The fraction of sp³-hybridized carbons (Fsp3) is 0.0909. The molecule has 1 aliphatic heterocycles. The molecule has 1 aliphatic rings. The molecular weight excluding hydrogens is 452 g/mol. The number of carbonyl (C=O) groups excluding carboxylic acids is 1. The second kappa shape index (κ2) is 9.51. The van der Waals surface area contributed by atoms with E-state index in [-0.39, 0.29) is 11.6 Å². The number of nitro benzene ring substituents is 1. The molecule has 31 heavy (non-hydrogen) atoms. The predicted octanol–water partition coefficient (Wildman–Crippen LogP) is 5.88. The number of amides is 1. The summed E-state index contributed by atoms with van der Waals surface area (Å²) in [6.45, 7) is 0.387. The first-order valence-electron chi connectivity index (χ1n) is 9.24. The van der Waals surface area contributed by atoms with Crippen molar-refractivity contribution in [2.45, 2.75) is 17.2 Å². The maximum atomic E-state index is 13.0. The summed E-state index contributed by atoms with van der Waals surface area (Å²) in [6, 6.07) is 17.9. The van der Waals surface area contributed by atoms with Crippen molar-refractivity contribution in [3.8, 4) is 0 Å². The Kier molecular flexibility index (Phi) is 6.55. The molecule has 156 valence electrons. The summed E-state index contributed by atoms with van der Waals surface area (Å²) in [7, 11) is 0. The third kappa shape index (κ3) is 5.07. The van der Waals surface area contributed by atoms with Gasteiger partial charge in [-0.1, -0.05) is 54.3 Å². The quantitative estimate of drug-likeness (QED) is 0.141. The zero-order valence-corrected chi connectivity index (χ0v) is 18.5. The van der Waals surface area contributed by atoms with Gasteiger partial charge in [-0.15, -0.1) is 11.8 Å². The Labute approximate surface area is 192 Å². The lowest BCUT2D eigenvalue weighted by Crippen LogP contribution is -2.27. The molecule has 0 saturated carbocycles. The molecule has 4 rings (SSSR count). The molecule has 1 fully saturated rings. The van der Waals surface area contributed by atoms with Crippen molar-refractivity contribution < 1.29 is 14.1 Å². The van der Waals surface area contributed by atoms with E-state index in [2.05, 4.69) is 0 Å². The van der Waals surface area contributed by atoms with E-state index in [1.165, 1.54) is 35.7 Å². The van der Waals surface area contributed by atoms with E-state index in [1.807, 2.05) is 42.5 Å². The summed E-state index contributed by atoms with van der Waals surface area (Å²) in [6.07, 6.45) is 3.28. The molecule has 2 heterocycles. The summed E-state index contributed by atoms with van der Waals surface area (Å²) in [5, 5.41) is 11.3. The van der Waals surface area contributed by atoms with Crippen LogP contribution >= 0.6 is 35.7 Å². The summed E-state index contributed by atoms with van der Waals surface area (Å²) in [4.78, 5) is 26.6. The van der Waals surface area contributed by atoms with Gasteiger partial charge in [0.2, 0.25) is 0 Å². The zero-order valence-electron chi connectivity index (χ0n) is 16.1. The average molecular weight is 469 g/mol. The number of hydrogen-bond acceptors (Lipinski definition) is 7. The van der Waals surface area contributed by atoms with Crippen molar-refractivity contribution in [1.82, 2.24) is 4.90 Å². The van der Waals surface area contributed by atoms with Crippen molar-refractivity contribution in [2.75, 3.05) is 0 Å². The normalized spacial score (nSPS) is 15.1. The Morgan fingerprint density at radius 1 is 1.16 bits per heavy atom. The number of thiocarbonyl (C=S) groups is 1. The minimum atomic E-state index is -0.445. The first kappa shape index (κ1) is 21.4. The summed E-state index contributed by atoms with van der Waals surface area (Å²) in [5.74, 6) is 1.16. The molecule has 1 saturated heterocycles. The van der Waals surface area contributed by atoms with Crippen LogP contribution in [-0.4, -0.2) is 20.1 Å². The van der Waals surface area contributed by atoms with Crippen molar-refractivity contribution in [3.05, 3.63) is 98.8 Å². The third-order valence-corrected chi connectivity index (χ3v) is 6.99. The van der Waals surface area contributed by atoms with Gasteiger partial charge in [0.05, 0.1) is 28.4 Å². The average Bonchev–Trinajstić information content (AvgIpc) is 3.38. The van der Waals surface area contributed by atoms with Crippen LogP contribution in [0.1, 0.15) is 16.9 Å². The van der Waals surface area contributed by atoms with Crippen LogP contribution in [0.4, 0.5) is 5.69 Å². The predicted molar refractivity (Wildman–Crippen MR) is 127 cm³/mol. The van der Waals surface area contributed by atoms with E-state index in [0.29, 0.717) is 27.1 Å². The van der Waals surface area contributed by atoms with E-state index in [1.54, 1.807) is 23.3 Å². The topological polar surface area (TPSA) is 76.6 Å². The molecule has 1 aromatic heterocycles. The first-order chi connectivity index (χ1) is 15.0. The highest BCUT2D eigenvalue weighted by Crippen LogP contribution is 2.37. The van der Waals surface area contributed by atoms with Gasteiger partial charge in [-0.2, -0.15) is 0 Å². The van der Waals surface area contributed by atoms with Gasteiger partial charge in [-0.25, -0.2) is 0 Å². The minimum absolute atomic E-state index is 0.0339. The Bertz CT molecular complexity index is 1160. The van der Waals surface area contributed by atoms with E-state index in [4.69, 9.17) is 16.6 Å². The number of benzene rings is 2. The molecule has 0 unspecified atom stereocenters. The molecule has 2 aromatic carbocycles. The van der Waals surface area contributed by atoms with Crippen LogP contribution in [0.2, 0.25) is 0 Å². The number of carbonyl (C=O) groups is 1. The lowest BCUT2D eigenvalue weighted by Gasteiger charge is -2.14. The Balaban J connectivity index is 1.61. The monoisotopic (exact) mass is 468 g/mol. The fourth-order valence-corrected chi connectivity index (χ4v) is 5.14. The number of non-ortho nitro benzene ring substituents is 1. The standard InChI is InChI=1S/C22H16N2O4S3/c25-21-20(31-22(29)23(21)13-15-5-2-1-3-6-15)12-16-11-17(24(26)27)8-9-19(16)30-14-18-7-4-10-28-18/h1-12H,13-14H2/b20-12-. The van der Waals surface area contributed by atoms with Crippen molar-refractivity contribution in [1.29, 1.82) is 0 Å². The van der Waals surface area contributed by atoms with Crippen LogP contribution < -0.4 is 0 Å². The second-order valence-corrected chi connectivity index (χ2v) is 9.29. The molecule has 0 N–H and O–H groups in total. The minimum Gasteiger partial charge on any atom is -0.468 e. The van der Waals surface area contributed by atoms with Crippen LogP contribution in [0.25, 0.3) is 6.08 Å². The number of furan rings is 1. The lowest BCUT2D eigenvalue weighted by molar-refractivity contribution is -0.384. The van der Waals surface area contributed by atoms with Crippen LogP contribution in [0, 0.1) is 10.1 Å². The van der Waals surface area contributed by atoms with Gasteiger partial charge in [0.15, 0.2) is 0 Å². The molecule has 0 bridgehead atoms. The highest BCUT2D eigenvalue weighted by molar-refractivity contribution is 8.26. The molecule has 6 nitrogen and oxygen atoms in total. The highest BCUT2D eigenvalue weighted by atomic mass is 32.2. The van der Waals surface area contributed by atoms with Crippen molar-refractivity contribution in [2.24, 2.45) is 0 Å². The highest BCUT2D eigenvalue weighted by Gasteiger charge is 2.32. The maximum absolute atomic E-state index is 13.0. The lowest BCUT2D eigenvalue weighted by atomic mass is 10.1. The van der Waals surface area contributed by atoms with E-state index in [0.717, 1.165) is 16.2 Å². The smallest absolute Gasteiger partial charge is 0.270 e. The fourth-order valence-electron chi connectivity index (χ4n) is 2.98. The van der Waals surface area contributed by atoms with Crippen molar-refractivity contribution in [3.63, 3.8) is 0 Å². The summed E-state index contributed by atoms with van der Waals surface area (Å²) < 4.78 is 5.83. The van der Waals surface area contributed by atoms with E-state index in [9.17, 15) is 14.9 Å². The summed E-state index contributed by atoms with van der Waals surface area (Å²) in [5.41, 5.74) is 1.55. The molecule has 1 amide bonds. The second-order valence-electron chi connectivity index (χ2n) is 6.60. The SMILES string of the molecule is O=C1/C(=C/c2cc([N+](=O)[O-])ccc2SCc2ccco2)SC(=S)N1Cc1ccccc1. The van der Waals surface area contributed by atoms with Crippen LogP contribution in [0.15, 0.2) is 81.1 Å². The van der Waals surface area contributed by atoms with Crippen LogP contribution in [0.5, 0.6) is 0 Å². The number of nitrogens with zero attached hydrogens (tertiary/aromatic N) is 2. The molecular formula is C22H16N2O4S3. The van der Waals surface area contributed by atoms with Gasteiger partial charge in [0.25, 0.3) is 11.6 Å². The van der Waals surface area contributed by atoms with Crippen molar-refractivity contribution >= 4 is 57.7 Å². The van der Waals surface area contributed by atoms with Gasteiger partial charge < -0.3 is 4.42 Å². The number of hydrogen-bond donors (Lipinski definition) is 0. The number of rotatable bonds is 7. The molecule has 3 aromatic rings. The van der Waals surface area contributed by atoms with Crippen LogP contribution in [-0.2, 0) is 17.1 Å². The number of thioether (sulfide) groups is 2. The van der Waals surface area contributed by atoms with Gasteiger partial charge in [-0.3, -0.25) is 19.8 Å². The van der Waals surface area contributed by atoms with E-state index >= 15 is 0 Å². The van der Waals surface area contributed by atoms with Crippen LogP contribution in [0.3, 0.4) is 0 Å². The Morgan fingerprint density at radius 2 is 1.97 bits per heavy atom. The molecule has 0 atom stereocenters. The zero-order chi connectivity index (χ0) is 21.8. The van der Waals surface area contributed by atoms with E-state index < -0.39 is 4.92 Å². The largest absolute Gasteiger partial charge is 0.468 e. The van der Waals surface area contributed by atoms with Gasteiger partial charge in [0.1, 0.15) is 10.1 Å². The van der Waals surface area contributed by atoms with Gasteiger partial charge in [-0.05, 0) is 35.4 Å². The molecule has 0 spiro atoms. The Morgan fingerprint density at radius 3 is 2.68 bits per heavy atom. The summed E-state index contributed by atoms with van der Waals surface area (Å²) >= 11 is 8.11. The first-order valence-corrected chi connectivity index (χ1v) is 11.5.